The number of halogens is 4. The van der Waals surface area contributed by atoms with Gasteiger partial charge in [-0.3, -0.25) is 14.6 Å². The smallest absolute Gasteiger partial charge is 0.368 e. The van der Waals surface area contributed by atoms with Gasteiger partial charge < -0.3 is 14.8 Å². The quantitative estimate of drug-likeness (QED) is 0.789. The molecule has 1 fully saturated rings. The highest BCUT2D eigenvalue weighted by Gasteiger charge is 2.36. The van der Waals surface area contributed by atoms with E-state index in [1.165, 1.54) is 16.8 Å². The molecule has 154 valence electrons. The first-order chi connectivity index (χ1) is 13.7. The number of carbonyl (C=O) groups excluding carboxylic acids is 1. The van der Waals surface area contributed by atoms with E-state index in [4.69, 9.17) is 0 Å². The molecular formula is C19H18F4N4O2. The molecule has 0 unspecified atom stereocenters. The van der Waals surface area contributed by atoms with Gasteiger partial charge in [0.05, 0.1) is 11.9 Å². The molecule has 2 aliphatic rings. The van der Waals surface area contributed by atoms with Gasteiger partial charge in [0.2, 0.25) is 0 Å². The predicted octanol–water partition coefficient (Wildman–Crippen LogP) is 2.30. The fourth-order valence-corrected chi connectivity index (χ4v) is 4.22. The van der Waals surface area contributed by atoms with Crippen molar-refractivity contribution in [1.29, 1.82) is 0 Å². The Kier molecular flexibility index (Phi) is 4.79. The van der Waals surface area contributed by atoms with E-state index in [-0.39, 0.29) is 17.4 Å². The minimum Gasteiger partial charge on any atom is -0.368 e. The number of aromatic nitrogens is 2. The summed E-state index contributed by atoms with van der Waals surface area (Å²) in [4.78, 5) is 30.5. The van der Waals surface area contributed by atoms with E-state index >= 15 is 0 Å². The summed E-state index contributed by atoms with van der Waals surface area (Å²) in [5.74, 6) is -1.45. The van der Waals surface area contributed by atoms with Crippen LogP contribution in [0.1, 0.15) is 28.4 Å². The molecule has 2 atom stereocenters. The zero-order valence-corrected chi connectivity index (χ0v) is 15.2. The minimum absolute atomic E-state index is 0.0462. The van der Waals surface area contributed by atoms with Gasteiger partial charge in [0.1, 0.15) is 12.1 Å². The van der Waals surface area contributed by atoms with Crippen molar-refractivity contribution >= 4 is 11.6 Å². The van der Waals surface area contributed by atoms with E-state index in [2.05, 4.69) is 4.98 Å². The van der Waals surface area contributed by atoms with Gasteiger partial charge in [0.15, 0.2) is 5.82 Å². The highest BCUT2D eigenvalue weighted by atomic mass is 19.4. The molecule has 0 spiro atoms. The number of rotatable bonds is 3. The van der Waals surface area contributed by atoms with Gasteiger partial charge in [-0.05, 0) is 30.5 Å². The van der Waals surface area contributed by atoms with Crippen LogP contribution in [0.15, 0.2) is 35.4 Å². The lowest BCUT2D eigenvalue weighted by atomic mass is 9.82. The molecule has 0 aliphatic carbocycles. The van der Waals surface area contributed by atoms with Crippen molar-refractivity contribution in [3.05, 3.63) is 58.0 Å². The first-order valence-electron chi connectivity index (χ1n) is 9.16. The molecule has 2 aromatic heterocycles. The number of amides is 1. The van der Waals surface area contributed by atoms with Crippen molar-refractivity contribution in [2.45, 2.75) is 25.1 Å². The molecule has 4 rings (SSSR count). The number of carbonyl (C=O) groups is 1. The Hall–Kier alpha value is -2.91. The Labute approximate surface area is 163 Å². The summed E-state index contributed by atoms with van der Waals surface area (Å²) < 4.78 is 52.6. The third kappa shape index (κ3) is 3.83. The molecule has 1 amide bonds. The van der Waals surface area contributed by atoms with Crippen LogP contribution in [0.4, 0.5) is 23.2 Å². The first kappa shape index (κ1) is 19.4. The van der Waals surface area contributed by atoms with Crippen LogP contribution in [0.5, 0.6) is 0 Å². The van der Waals surface area contributed by atoms with Crippen molar-refractivity contribution in [3.8, 4) is 0 Å². The zero-order chi connectivity index (χ0) is 20.8. The number of alkyl halides is 3. The molecule has 1 saturated heterocycles. The number of piperidine rings is 1. The van der Waals surface area contributed by atoms with Crippen molar-refractivity contribution in [3.63, 3.8) is 0 Å². The van der Waals surface area contributed by atoms with Crippen LogP contribution >= 0.6 is 0 Å². The second-order valence-electron chi connectivity index (χ2n) is 7.42. The molecule has 29 heavy (non-hydrogen) atoms. The summed E-state index contributed by atoms with van der Waals surface area (Å²) in [7, 11) is 0. The summed E-state index contributed by atoms with van der Waals surface area (Å²) in [6.45, 7) is -0.136. The normalized spacial score (nSPS) is 20.9. The van der Waals surface area contributed by atoms with Crippen LogP contribution in [0.25, 0.3) is 0 Å². The van der Waals surface area contributed by atoms with Crippen LogP contribution < -0.4 is 15.8 Å². The molecule has 2 bridgehead atoms. The predicted molar refractivity (Wildman–Crippen MR) is 96.3 cm³/mol. The molecule has 0 aromatic carbocycles. The molecular weight excluding hydrogens is 392 g/mol. The van der Waals surface area contributed by atoms with Crippen molar-refractivity contribution in [2.24, 2.45) is 5.92 Å². The number of nitrogens with zero attached hydrogens (tertiary/aromatic N) is 3. The number of nitrogens with one attached hydrogen (secondary N) is 1. The molecule has 6 nitrogen and oxygen atoms in total. The molecule has 2 aliphatic heterocycles. The van der Waals surface area contributed by atoms with E-state index in [9.17, 15) is 27.2 Å². The summed E-state index contributed by atoms with van der Waals surface area (Å²) in [5.41, 5.74) is 0.252. The van der Waals surface area contributed by atoms with E-state index < -0.39 is 30.0 Å². The largest absolute Gasteiger partial charge is 0.405 e. The van der Waals surface area contributed by atoms with Gasteiger partial charge in [-0.2, -0.15) is 13.2 Å². The van der Waals surface area contributed by atoms with Crippen LogP contribution in [-0.4, -0.2) is 41.3 Å². The molecule has 4 heterocycles. The molecule has 2 aromatic rings. The van der Waals surface area contributed by atoms with Crippen molar-refractivity contribution in [1.82, 2.24) is 14.9 Å². The average molecular weight is 410 g/mol. The summed E-state index contributed by atoms with van der Waals surface area (Å²) >= 11 is 0. The van der Waals surface area contributed by atoms with E-state index in [1.54, 1.807) is 17.4 Å². The maximum absolute atomic E-state index is 14.1. The Bertz CT molecular complexity index is 1000. The number of fused-ring (bicyclic) bond motifs is 4. The maximum Gasteiger partial charge on any atom is 0.405 e. The Morgan fingerprint density at radius 2 is 2.00 bits per heavy atom. The van der Waals surface area contributed by atoms with Gasteiger partial charge in [-0.1, -0.05) is 0 Å². The lowest BCUT2D eigenvalue weighted by Crippen LogP contribution is -2.48. The number of anilines is 1. The number of pyridine rings is 2. The lowest BCUT2D eigenvalue weighted by Gasteiger charge is -2.43. The van der Waals surface area contributed by atoms with Crippen LogP contribution in [-0.2, 0) is 6.54 Å². The molecule has 0 radical (unpaired) electrons. The van der Waals surface area contributed by atoms with Crippen LogP contribution in [0, 0.1) is 11.7 Å². The number of hydrogen-bond donors (Lipinski definition) is 1. The summed E-state index contributed by atoms with van der Waals surface area (Å²) in [6.07, 6.45) is -1.05. The van der Waals surface area contributed by atoms with Gasteiger partial charge in [0, 0.05) is 37.4 Å². The standard InChI is InChI=1S/C19H18F4N4O2/c20-14-6-24-4-3-16(14)26-7-11-5-12(9-26)15-2-1-13(18(29)27(15)8-11)17(28)25-10-19(21,22)23/h1-4,6,11-12H,5,7-10H2,(H,25,28)/t11-,12+/m0/s1. The van der Waals surface area contributed by atoms with E-state index in [0.29, 0.717) is 31.0 Å². The van der Waals surface area contributed by atoms with E-state index in [1.807, 2.05) is 4.90 Å². The second kappa shape index (κ2) is 7.16. The topological polar surface area (TPSA) is 67.2 Å². The Balaban J connectivity index is 1.60. The van der Waals surface area contributed by atoms with Gasteiger partial charge in [0.25, 0.3) is 11.5 Å². The highest BCUT2D eigenvalue weighted by molar-refractivity contribution is 5.93. The first-order valence-corrected chi connectivity index (χ1v) is 9.16. The average Bonchev–Trinajstić information content (AvgIpc) is 2.66. The van der Waals surface area contributed by atoms with E-state index in [0.717, 1.165) is 12.6 Å². The summed E-state index contributed by atoms with van der Waals surface area (Å²) in [5, 5.41) is 1.74. The number of hydrogen-bond acceptors (Lipinski definition) is 4. The molecule has 10 heteroatoms. The van der Waals surface area contributed by atoms with Gasteiger partial charge >= 0.3 is 6.18 Å². The van der Waals surface area contributed by atoms with Gasteiger partial charge in [-0.15, -0.1) is 0 Å². The summed E-state index contributed by atoms with van der Waals surface area (Å²) in [6, 6.07) is 4.49. The minimum atomic E-state index is -4.55. The van der Waals surface area contributed by atoms with Crippen molar-refractivity contribution in [2.75, 3.05) is 24.5 Å². The highest BCUT2D eigenvalue weighted by Crippen LogP contribution is 2.37. The lowest BCUT2D eigenvalue weighted by molar-refractivity contribution is -0.123. The molecule has 0 saturated carbocycles. The third-order valence-electron chi connectivity index (χ3n) is 5.39. The zero-order valence-electron chi connectivity index (χ0n) is 15.2. The molecule has 1 N–H and O–H groups in total. The maximum atomic E-state index is 14.1. The fourth-order valence-electron chi connectivity index (χ4n) is 4.22. The van der Waals surface area contributed by atoms with Crippen LogP contribution in [0.2, 0.25) is 0 Å². The van der Waals surface area contributed by atoms with Gasteiger partial charge in [-0.25, -0.2) is 4.39 Å². The van der Waals surface area contributed by atoms with Crippen molar-refractivity contribution < 1.29 is 22.4 Å². The fraction of sp³-hybridized carbons (Fsp3) is 0.421. The SMILES string of the molecule is O=C(NCC(F)(F)F)c1ccc2n(c1=O)C[C@H]1C[C@@H]2CN(c2ccncc2F)C1. The van der Waals surface area contributed by atoms with Crippen LogP contribution in [0.3, 0.4) is 0 Å². The second-order valence-corrected chi connectivity index (χ2v) is 7.42. The monoisotopic (exact) mass is 410 g/mol. The Morgan fingerprint density at radius 3 is 2.72 bits per heavy atom. The third-order valence-corrected chi connectivity index (χ3v) is 5.39. The Morgan fingerprint density at radius 1 is 1.21 bits per heavy atom.